The predicted molar refractivity (Wildman–Crippen MR) is 116 cm³/mol. The molecule has 1 amide bonds. The highest BCUT2D eigenvalue weighted by atomic mass is 16.5. The molecule has 2 rings (SSSR count). The van der Waals surface area contributed by atoms with Gasteiger partial charge in [0.2, 0.25) is 0 Å². The SMILES string of the molecule is COCCCN(CC(=O)c1c(C)c(C(=O)OC)n(C)c1C)C(=O)c1ccc(OC)cc1. The van der Waals surface area contributed by atoms with Gasteiger partial charge in [0.25, 0.3) is 5.91 Å². The zero-order chi connectivity index (χ0) is 23.1. The van der Waals surface area contributed by atoms with Crippen molar-refractivity contribution in [1.82, 2.24) is 9.47 Å². The van der Waals surface area contributed by atoms with Crippen LogP contribution in [-0.2, 0) is 16.5 Å². The van der Waals surface area contributed by atoms with E-state index in [1.807, 2.05) is 0 Å². The first-order chi connectivity index (χ1) is 14.8. The van der Waals surface area contributed by atoms with Gasteiger partial charge in [0, 0.05) is 44.1 Å². The minimum atomic E-state index is -0.506. The summed E-state index contributed by atoms with van der Waals surface area (Å²) in [6.45, 7) is 4.21. The van der Waals surface area contributed by atoms with Gasteiger partial charge in [0.1, 0.15) is 11.4 Å². The molecule has 0 saturated heterocycles. The number of ether oxygens (including phenoxy) is 3. The molecule has 1 aromatic carbocycles. The van der Waals surface area contributed by atoms with E-state index in [1.165, 1.54) is 12.0 Å². The van der Waals surface area contributed by atoms with Crippen molar-refractivity contribution >= 4 is 17.7 Å². The van der Waals surface area contributed by atoms with Gasteiger partial charge in [-0.2, -0.15) is 0 Å². The number of esters is 1. The average Bonchev–Trinajstić information content (AvgIpc) is 3.00. The van der Waals surface area contributed by atoms with Crippen molar-refractivity contribution in [3.8, 4) is 5.75 Å². The highest BCUT2D eigenvalue weighted by Gasteiger charge is 2.27. The molecule has 0 aliphatic carbocycles. The van der Waals surface area contributed by atoms with Crippen LogP contribution < -0.4 is 4.74 Å². The fourth-order valence-corrected chi connectivity index (χ4v) is 3.60. The smallest absolute Gasteiger partial charge is 0.354 e. The van der Waals surface area contributed by atoms with E-state index in [4.69, 9.17) is 14.2 Å². The Hall–Kier alpha value is -3.13. The molecule has 31 heavy (non-hydrogen) atoms. The largest absolute Gasteiger partial charge is 0.497 e. The summed E-state index contributed by atoms with van der Waals surface area (Å²) in [4.78, 5) is 40.0. The van der Waals surface area contributed by atoms with E-state index in [2.05, 4.69) is 0 Å². The molecule has 0 spiro atoms. The summed E-state index contributed by atoms with van der Waals surface area (Å²) in [5.74, 6) is -0.357. The minimum Gasteiger partial charge on any atom is -0.497 e. The van der Waals surface area contributed by atoms with Crippen LogP contribution >= 0.6 is 0 Å². The van der Waals surface area contributed by atoms with E-state index in [-0.39, 0.29) is 18.2 Å². The molecule has 0 unspecified atom stereocenters. The number of hydrogen-bond acceptors (Lipinski definition) is 6. The number of rotatable bonds is 10. The van der Waals surface area contributed by atoms with Crippen molar-refractivity contribution in [2.45, 2.75) is 20.3 Å². The first kappa shape index (κ1) is 24.1. The third-order valence-electron chi connectivity index (χ3n) is 5.32. The Bertz CT molecular complexity index is 946. The Balaban J connectivity index is 2.33. The third kappa shape index (κ3) is 5.32. The van der Waals surface area contributed by atoms with Gasteiger partial charge in [-0.3, -0.25) is 9.59 Å². The van der Waals surface area contributed by atoms with E-state index in [0.29, 0.717) is 53.4 Å². The zero-order valence-electron chi connectivity index (χ0n) is 19.0. The summed E-state index contributed by atoms with van der Waals surface area (Å²) in [7, 11) is 6.16. The number of Topliss-reactive ketones (excluding diaryl/α,β-unsaturated/α-hetero) is 1. The molecule has 0 atom stereocenters. The second-order valence-electron chi connectivity index (χ2n) is 7.21. The van der Waals surface area contributed by atoms with Crippen molar-refractivity contribution in [3.05, 3.63) is 52.3 Å². The standard InChI is InChI=1S/C23H30N2O6/c1-15-20(16(2)24(3)21(15)23(28)31-6)19(26)14-25(12-7-13-29-4)22(27)17-8-10-18(30-5)11-9-17/h8-11H,7,12-14H2,1-6H3. The van der Waals surface area contributed by atoms with E-state index in [1.54, 1.807) is 63.9 Å². The Morgan fingerprint density at radius 2 is 1.68 bits per heavy atom. The Labute approximate surface area is 182 Å². The second kappa shape index (κ2) is 10.8. The maximum Gasteiger partial charge on any atom is 0.354 e. The molecule has 0 radical (unpaired) electrons. The second-order valence-corrected chi connectivity index (χ2v) is 7.21. The summed E-state index contributed by atoms with van der Waals surface area (Å²) >= 11 is 0. The van der Waals surface area contributed by atoms with Gasteiger partial charge >= 0.3 is 5.97 Å². The first-order valence-corrected chi connectivity index (χ1v) is 9.96. The minimum absolute atomic E-state index is 0.110. The van der Waals surface area contributed by atoms with Crippen LogP contribution in [0.4, 0.5) is 0 Å². The molecule has 0 N–H and O–H groups in total. The van der Waals surface area contributed by atoms with Crippen LogP contribution in [-0.4, -0.2) is 68.2 Å². The number of aromatic nitrogens is 1. The van der Waals surface area contributed by atoms with Crippen LogP contribution in [0.15, 0.2) is 24.3 Å². The van der Waals surface area contributed by atoms with E-state index in [9.17, 15) is 14.4 Å². The van der Waals surface area contributed by atoms with Gasteiger partial charge < -0.3 is 23.7 Å². The molecule has 0 saturated carbocycles. The predicted octanol–water partition coefficient (Wildman–Crippen LogP) is 2.80. The number of hydrogen-bond donors (Lipinski definition) is 0. The van der Waals surface area contributed by atoms with Crippen molar-refractivity contribution in [1.29, 1.82) is 0 Å². The maximum atomic E-state index is 13.2. The number of methoxy groups -OCH3 is 3. The van der Waals surface area contributed by atoms with E-state index >= 15 is 0 Å². The summed E-state index contributed by atoms with van der Waals surface area (Å²) in [5.41, 5.74) is 2.42. The van der Waals surface area contributed by atoms with E-state index in [0.717, 1.165) is 0 Å². The van der Waals surface area contributed by atoms with Gasteiger partial charge in [-0.1, -0.05) is 0 Å². The van der Waals surface area contributed by atoms with Gasteiger partial charge in [-0.15, -0.1) is 0 Å². The van der Waals surface area contributed by atoms with E-state index < -0.39 is 5.97 Å². The fraction of sp³-hybridized carbons (Fsp3) is 0.435. The van der Waals surface area contributed by atoms with Crippen LogP contribution in [0.5, 0.6) is 5.75 Å². The van der Waals surface area contributed by atoms with Crippen LogP contribution in [0.2, 0.25) is 0 Å². The van der Waals surface area contributed by atoms with Crippen molar-refractivity contribution in [3.63, 3.8) is 0 Å². The quantitative estimate of drug-likeness (QED) is 0.327. The molecule has 0 fully saturated rings. The maximum absolute atomic E-state index is 13.2. The summed E-state index contributed by atoms with van der Waals surface area (Å²) < 4.78 is 16.7. The highest BCUT2D eigenvalue weighted by Crippen LogP contribution is 2.23. The van der Waals surface area contributed by atoms with Crippen LogP contribution in [0, 0.1) is 13.8 Å². The molecule has 0 bridgehead atoms. The lowest BCUT2D eigenvalue weighted by atomic mass is 10.0. The van der Waals surface area contributed by atoms with Gasteiger partial charge in [0.05, 0.1) is 20.8 Å². The lowest BCUT2D eigenvalue weighted by Crippen LogP contribution is -2.37. The monoisotopic (exact) mass is 430 g/mol. The molecular formula is C23H30N2O6. The highest BCUT2D eigenvalue weighted by molar-refractivity contribution is 6.06. The Morgan fingerprint density at radius 1 is 1.03 bits per heavy atom. The molecule has 2 aromatic rings. The van der Waals surface area contributed by atoms with Crippen molar-refractivity contribution < 1.29 is 28.6 Å². The molecule has 0 aliphatic rings. The number of carbonyl (C=O) groups excluding carboxylic acids is 3. The lowest BCUT2D eigenvalue weighted by molar-refractivity contribution is 0.0588. The van der Waals surface area contributed by atoms with Crippen LogP contribution in [0.3, 0.4) is 0 Å². The first-order valence-electron chi connectivity index (χ1n) is 9.96. The fourth-order valence-electron chi connectivity index (χ4n) is 3.60. The van der Waals surface area contributed by atoms with Crippen molar-refractivity contribution in [2.24, 2.45) is 7.05 Å². The summed E-state index contributed by atoms with van der Waals surface area (Å²) in [6.07, 6.45) is 0.589. The number of ketones is 1. The normalized spacial score (nSPS) is 10.6. The summed E-state index contributed by atoms with van der Waals surface area (Å²) in [6, 6.07) is 6.75. The van der Waals surface area contributed by atoms with Gasteiger partial charge in [-0.05, 0) is 50.1 Å². The number of benzene rings is 1. The molecule has 1 heterocycles. The van der Waals surface area contributed by atoms with Gasteiger partial charge in [-0.25, -0.2) is 4.79 Å². The van der Waals surface area contributed by atoms with Crippen LogP contribution in [0.25, 0.3) is 0 Å². The Morgan fingerprint density at radius 3 is 2.23 bits per heavy atom. The third-order valence-corrected chi connectivity index (χ3v) is 5.32. The molecule has 8 heteroatoms. The van der Waals surface area contributed by atoms with Crippen molar-refractivity contribution in [2.75, 3.05) is 41.0 Å². The lowest BCUT2D eigenvalue weighted by Gasteiger charge is -2.22. The Kier molecular flexibility index (Phi) is 8.38. The number of nitrogens with zero attached hydrogens (tertiary/aromatic N) is 2. The number of carbonyl (C=O) groups is 3. The van der Waals surface area contributed by atoms with Gasteiger partial charge in [0.15, 0.2) is 5.78 Å². The molecule has 0 aliphatic heterocycles. The average molecular weight is 431 g/mol. The van der Waals surface area contributed by atoms with Crippen LogP contribution in [0.1, 0.15) is 48.9 Å². The number of amides is 1. The molecule has 168 valence electrons. The molecular weight excluding hydrogens is 400 g/mol. The molecule has 1 aromatic heterocycles. The zero-order valence-corrected chi connectivity index (χ0v) is 19.0. The molecule has 8 nitrogen and oxygen atoms in total. The topological polar surface area (TPSA) is 87.1 Å². The summed E-state index contributed by atoms with van der Waals surface area (Å²) in [5, 5.41) is 0.